The fourth-order valence-corrected chi connectivity index (χ4v) is 6.17. The summed E-state index contributed by atoms with van der Waals surface area (Å²) in [6.07, 6.45) is 1.42. The van der Waals surface area contributed by atoms with E-state index in [9.17, 15) is 13.2 Å². The number of hydrogen-bond acceptors (Lipinski definition) is 4. The van der Waals surface area contributed by atoms with E-state index in [-0.39, 0.29) is 16.7 Å². The lowest BCUT2D eigenvalue weighted by molar-refractivity contribution is 0.102. The molecule has 0 unspecified atom stereocenters. The van der Waals surface area contributed by atoms with Crippen LogP contribution in [0.2, 0.25) is 0 Å². The Morgan fingerprint density at radius 3 is 2.29 bits per heavy atom. The molecule has 180 valence electrons. The van der Waals surface area contributed by atoms with Gasteiger partial charge < -0.3 is 10.3 Å². The van der Waals surface area contributed by atoms with E-state index < -0.39 is 10.0 Å². The number of benzene rings is 3. The number of hydrogen-bond donors (Lipinski definition) is 2. The zero-order valence-electron chi connectivity index (χ0n) is 19.8. The lowest BCUT2D eigenvalue weighted by Gasteiger charge is -2.30. The molecule has 2 heterocycles. The summed E-state index contributed by atoms with van der Waals surface area (Å²) in [5, 5.41) is 2.85. The van der Waals surface area contributed by atoms with Crippen LogP contribution in [0.3, 0.4) is 0 Å². The van der Waals surface area contributed by atoms with Gasteiger partial charge in [-0.2, -0.15) is 4.31 Å². The normalized spacial score (nSPS) is 15.4. The van der Waals surface area contributed by atoms with Crippen LogP contribution in [-0.2, 0) is 10.0 Å². The summed E-state index contributed by atoms with van der Waals surface area (Å²) >= 11 is 0. The van der Waals surface area contributed by atoms with E-state index in [0.717, 1.165) is 28.0 Å². The van der Waals surface area contributed by atoms with Gasteiger partial charge in [-0.05, 0) is 75.2 Å². The highest BCUT2D eigenvalue weighted by atomic mass is 32.2. The summed E-state index contributed by atoms with van der Waals surface area (Å²) in [5.41, 5.74) is 5.09. The molecular weight excluding hydrogens is 460 g/mol. The summed E-state index contributed by atoms with van der Waals surface area (Å²) in [5.74, 6) is 0.906. The zero-order valence-corrected chi connectivity index (χ0v) is 20.6. The number of imidazole rings is 1. The van der Waals surface area contributed by atoms with Crippen molar-refractivity contribution in [2.45, 2.75) is 37.5 Å². The number of amides is 1. The molecule has 1 aliphatic heterocycles. The van der Waals surface area contributed by atoms with E-state index in [1.165, 1.54) is 4.31 Å². The third-order valence-electron chi connectivity index (χ3n) is 6.48. The lowest BCUT2D eigenvalue weighted by Crippen LogP contribution is -2.38. The number of aromatic nitrogens is 2. The largest absolute Gasteiger partial charge is 0.342 e. The van der Waals surface area contributed by atoms with Crippen LogP contribution in [0.15, 0.2) is 71.6 Å². The van der Waals surface area contributed by atoms with Crippen LogP contribution in [-0.4, -0.2) is 41.7 Å². The van der Waals surface area contributed by atoms with Gasteiger partial charge in [0.05, 0.1) is 15.9 Å². The van der Waals surface area contributed by atoms with Crippen LogP contribution >= 0.6 is 0 Å². The van der Waals surface area contributed by atoms with Gasteiger partial charge in [-0.3, -0.25) is 4.79 Å². The first-order valence-electron chi connectivity index (χ1n) is 11.7. The third kappa shape index (κ3) is 4.85. The van der Waals surface area contributed by atoms with E-state index >= 15 is 0 Å². The quantitative estimate of drug-likeness (QED) is 0.413. The second-order valence-corrected chi connectivity index (χ2v) is 11.1. The van der Waals surface area contributed by atoms with Gasteiger partial charge in [-0.25, -0.2) is 13.4 Å². The smallest absolute Gasteiger partial charge is 0.255 e. The highest BCUT2D eigenvalue weighted by molar-refractivity contribution is 7.89. The van der Waals surface area contributed by atoms with E-state index in [4.69, 9.17) is 0 Å². The number of anilines is 1. The monoisotopic (exact) mass is 488 g/mol. The molecule has 2 N–H and O–H groups in total. The Morgan fingerprint density at radius 1 is 0.971 bits per heavy atom. The van der Waals surface area contributed by atoms with Crippen molar-refractivity contribution in [3.05, 3.63) is 89.2 Å². The predicted molar refractivity (Wildman–Crippen MR) is 137 cm³/mol. The predicted octanol–water partition coefficient (Wildman–Crippen LogP) is 5.00. The molecule has 1 aliphatic rings. The van der Waals surface area contributed by atoms with E-state index in [1.54, 1.807) is 24.3 Å². The van der Waals surface area contributed by atoms with Crippen LogP contribution in [0.5, 0.6) is 0 Å². The molecule has 8 heteroatoms. The maximum absolute atomic E-state index is 13.2. The minimum Gasteiger partial charge on any atom is -0.342 e. The lowest BCUT2D eigenvalue weighted by atomic mass is 9.97. The van der Waals surface area contributed by atoms with Crippen molar-refractivity contribution in [3.63, 3.8) is 0 Å². The average Bonchev–Trinajstić information content (AvgIpc) is 3.28. The first-order chi connectivity index (χ1) is 16.8. The second kappa shape index (κ2) is 9.28. The Morgan fingerprint density at radius 2 is 1.63 bits per heavy atom. The Labute approximate surface area is 205 Å². The number of piperidine rings is 1. The minimum atomic E-state index is -3.61. The molecule has 0 aliphatic carbocycles. The number of nitrogens with one attached hydrogen (secondary N) is 2. The molecule has 0 spiro atoms. The molecule has 1 fully saturated rings. The van der Waals surface area contributed by atoms with Gasteiger partial charge in [0.25, 0.3) is 5.91 Å². The first kappa shape index (κ1) is 23.3. The molecule has 1 amide bonds. The Balaban J connectivity index is 1.24. The molecule has 3 aromatic carbocycles. The van der Waals surface area contributed by atoms with Gasteiger partial charge in [0, 0.05) is 30.3 Å². The number of H-pyrrole nitrogens is 1. The number of carbonyl (C=O) groups is 1. The zero-order chi connectivity index (χ0) is 24.6. The van der Waals surface area contributed by atoms with Crippen molar-refractivity contribution < 1.29 is 13.2 Å². The summed E-state index contributed by atoms with van der Waals surface area (Å²) in [4.78, 5) is 20.9. The van der Waals surface area contributed by atoms with Crippen LogP contribution in [0.1, 0.15) is 46.1 Å². The van der Waals surface area contributed by atoms with Crippen LogP contribution in [0, 0.1) is 13.8 Å². The number of aromatic amines is 1. The van der Waals surface area contributed by atoms with Gasteiger partial charge in [0.15, 0.2) is 0 Å². The molecule has 0 radical (unpaired) electrons. The van der Waals surface area contributed by atoms with E-state index in [1.807, 2.05) is 56.3 Å². The second-order valence-electron chi connectivity index (χ2n) is 9.17. The number of fused-ring (bicyclic) bond motifs is 1. The summed E-state index contributed by atoms with van der Waals surface area (Å²) in [6, 6.07) is 19.9. The topological polar surface area (TPSA) is 95.2 Å². The average molecular weight is 489 g/mol. The molecule has 0 atom stereocenters. The van der Waals surface area contributed by atoms with Gasteiger partial charge in [0.1, 0.15) is 5.82 Å². The van der Waals surface area contributed by atoms with Crippen molar-refractivity contribution in [1.82, 2.24) is 14.3 Å². The van der Waals surface area contributed by atoms with Crippen LogP contribution < -0.4 is 5.32 Å². The SMILES string of the molecule is Cc1cc(C)cc(C(=O)Nc2ccc(S(=O)(=O)N3CCC(c4nc5ccccc5[nH]4)CC3)cc2)c1. The molecule has 1 saturated heterocycles. The molecule has 4 aromatic rings. The number of carbonyl (C=O) groups excluding carboxylic acids is 1. The fraction of sp³-hybridized carbons (Fsp3) is 0.259. The maximum Gasteiger partial charge on any atom is 0.255 e. The van der Waals surface area contributed by atoms with Gasteiger partial charge >= 0.3 is 0 Å². The van der Waals surface area contributed by atoms with Crippen molar-refractivity contribution in [3.8, 4) is 0 Å². The molecule has 5 rings (SSSR count). The summed E-state index contributed by atoms with van der Waals surface area (Å²) in [6.45, 7) is 4.77. The highest BCUT2D eigenvalue weighted by Gasteiger charge is 2.31. The third-order valence-corrected chi connectivity index (χ3v) is 8.40. The first-order valence-corrected chi connectivity index (χ1v) is 13.2. The summed E-state index contributed by atoms with van der Waals surface area (Å²) in [7, 11) is -3.61. The number of rotatable bonds is 5. The van der Waals surface area contributed by atoms with E-state index in [0.29, 0.717) is 37.2 Å². The number of para-hydroxylation sites is 2. The van der Waals surface area contributed by atoms with Crippen molar-refractivity contribution in [1.29, 1.82) is 0 Å². The Bertz CT molecular complexity index is 1430. The highest BCUT2D eigenvalue weighted by Crippen LogP contribution is 2.30. The van der Waals surface area contributed by atoms with E-state index in [2.05, 4.69) is 15.3 Å². The number of sulfonamides is 1. The molecule has 1 aromatic heterocycles. The number of aryl methyl sites for hydroxylation is 2. The minimum absolute atomic E-state index is 0.205. The van der Waals surface area contributed by atoms with Crippen molar-refractivity contribution in [2.75, 3.05) is 18.4 Å². The Kier molecular flexibility index (Phi) is 6.17. The van der Waals surface area contributed by atoms with Crippen molar-refractivity contribution in [2.24, 2.45) is 0 Å². The standard InChI is InChI=1S/C27H28N4O3S/c1-18-15-19(2)17-21(16-18)27(32)28-22-7-9-23(10-8-22)35(33,34)31-13-11-20(12-14-31)26-29-24-5-3-4-6-25(24)30-26/h3-10,15-17,20H,11-14H2,1-2H3,(H,28,32)(H,29,30). The molecule has 35 heavy (non-hydrogen) atoms. The maximum atomic E-state index is 13.2. The van der Waals surface area contributed by atoms with Gasteiger partial charge in [0.2, 0.25) is 10.0 Å². The van der Waals surface area contributed by atoms with Gasteiger partial charge in [-0.1, -0.05) is 29.3 Å². The van der Waals surface area contributed by atoms with Gasteiger partial charge in [-0.15, -0.1) is 0 Å². The van der Waals surface area contributed by atoms with Crippen molar-refractivity contribution >= 4 is 32.7 Å². The Hall–Kier alpha value is -3.49. The number of nitrogens with zero attached hydrogens (tertiary/aromatic N) is 2. The molecule has 0 saturated carbocycles. The van der Waals surface area contributed by atoms with Crippen LogP contribution in [0.4, 0.5) is 5.69 Å². The molecule has 7 nitrogen and oxygen atoms in total. The fourth-order valence-electron chi connectivity index (χ4n) is 4.70. The molecule has 0 bridgehead atoms. The van der Waals surface area contributed by atoms with Crippen LogP contribution in [0.25, 0.3) is 11.0 Å². The molecular formula is C27H28N4O3S. The summed E-state index contributed by atoms with van der Waals surface area (Å²) < 4.78 is 28.0.